The molecule has 1 unspecified atom stereocenters. The van der Waals surface area contributed by atoms with Crippen LogP contribution in [0.2, 0.25) is 10.0 Å². The van der Waals surface area contributed by atoms with Crippen molar-refractivity contribution >= 4 is 33.2 Å². The predicted molar refractivity (Wildman–Crippen MR) is 81.7 cm³/mol. The van der Waals surface area contributed by atoms with Gasteiger partial charge in [-0.05, 0) is 25.5 Å². The first-order valence-corrected chi connectivity index (χ1v) is 8.67. The zero-order chi connectivity index (χ0) is 15.3. The van der Waals surface area contributed by atoms with Gasteiger partial charge >= 0.3 is 0 Å². The van der Waals surface area contributed by atoms with E-state index in [0.29, 0.717) is 0 Å². The lowest BCUT2D eigenvalue weighted by molar-refractivity contribution is 0.281. The average molecular weight is 340 g/mol. The Morgan fingerprint density at radius 1 is 1.35 bits per heavy atom. The first-order valence-electron chi connectivity index (χ1n) is 6.43. The molecule has 0 bridgehead atoms. The van der Waals surface area contributed by atoms with Crippen LogP contribution in [0.5, 0.6) is 0 Å². The number of rotatable bonds is 7. The Bertz CT molecular complexity index is 561. The summed E-state index contributed by atoms with van der Waals surface area (Å²) in [5, 5.41) is 9.42. The molecule has 1 rings (SSSR count). The van der Waals surface area contributed by atoms with Crippen molar-refractivity contribution < 1.29 is 13.5 Å². The second kappa shape index (κ2) is 7.61. The maximum Gasteiger partial charge on any atom is 0.242 e. The van der Waals surface area contributed by atoms with E-state index in [1.165, 1.54) is 12.1 Å². The molecule has 0 aliphatic heterocycles. The van der Waals surface area contributed by atoms with Gasteiger partial charge in [0.2, 0.25) is 10.0 Å². The highest BCUT2D eigenvalue weighted by molar-refractivity contribution is 7.89. The number of nitrogens with one attached hydrogen (secondary N) is 1. The molecule has 0 saturated carbocycles. The molecule has 0 fully saturated rings. The molecule has 1 aromatic rings. The van der Waals surface area contributed by atoms with Crippen LogP contribution in [0.1, 0.15) is 38.7 Å². The molecule has 0 radical (unpaired) electrons. The molecule has 7 heteroatoms. The molecule has 0 aliphatic carbocycles. The van der Waals surface area contributed by atoms with Crippen molar-refractivity contribution in [1.82, 2.24) is 4.72 Å². The smallest absolute Gasteiger partial charge is 0.242 e. The van der Waals surface area contributed by atoms with E-state index in [1.54, 1.807) is 0 Å². The Balaban J connectivity index is 3.04. The number of unbranched alkanes of at least 4 members (excludes halogenated alkanes) is 1. The number of aliphatic hydroxyl groups excluding tert-OH is 1. The topological polar surface area (TPSA) is 66.4 Å². The molecule has 0 amide bonds. The quantitative estimate of drug-likeness (QED) is 0.800. The highest BCUT2D eigenvalue weighted by Crippen LogP contribution is 2.31. The number of sulfonamides is 1. The first-order chi connectivity index (χ1) is 9.33. The molecular weight excluding hydrogens is 321 g/mol. The summed E-state index contributed by atoms with van der Waals surface area (Å²) in [4.78, 5) is -0.0593. The van der Waals surface area contributed by atoms with Crippen LogP contribution in [0.4, 0.5) is 0 Å². The highest BCUT2D eigenvalue weighted by atomic mass is 35.5. The van der Waals surface area contributed by atoms with E-state index in [1.807, 2.05) is 13.8 Å². The molecule has 0 aromatic heterocycles. The van der Waals surface area contributed by atoms with Gasteiger partial charge < -0.3 is 5.11 Å². The monoisotopic (exact) mass is 339 g/mol. The molecule has 2 N–H and O–H groups in total. The summed E-state index contributed by atoms with van der Waals surface area (Å²) in [7, 11) is -3.72. The lowest BCUT2D eigenvalue weighted by Crippen LogP contribution is -2.32. The van der Waals surface area contributed by atoms with Crippen molar-refractivity contribution in [2.75, 3.05) is 0 Å². The maximum absolute atomic E-state index is 12.3. The first kappa shape index (κ1) is 17.7. The molecule has 1 atom stereocenters. The van der Waals surface area contributed by atoms with Crippen molar-refractivity contribution in [2.45, 2.75) is 50.7 Å². The minimum Gasteiger partial charge on any atom is -0.392 e. The van der Waals surface area contributed by atoms with Crippen LogP contribution < -0.4 is 4.72 Å². The van der Waals surface area contributed by atoms with Crippen molar-refractivity contribution in [3.8, 4) is 0 Å². The van der Waals surface area contributed by atoms with Crippen LogP contribution in [0.15, 0.2) is 17.0 Å². The molecule has 20 heavy (non-hydrogen) atoms. The molecule has 0 heterocycles. The zero-order valence-electron chi connectivity index (χ0n) is 11.5. The normalized spacial score (nSPS) is 13.4. The number of hydrogen-bond acceptors (Lipinski definition) is 3. The molecule has 0 saturated heterocycles. The van der Waals surface area contributed by atoms with Crippen molar-refractivity contribution in [1.29, 1.82) is 0 Å². The Labute approximate surface area is 130 Å². The van der Waals surface area contributed by atoms with Crippen molar-refractivity contribution in [3.63, 3.8) is 0 Å². The van der Waals surface area contributed by atoms with Gasteiger partial charge in [-0.3, -0.25) is 0 Å². The van der Waals surface area contributed by atoms with E-state index in [-0.39, 0.29) is 26.5 Å². The van der Waals surface area contributed by atoms with Crippen LogP contribution in [0, 0.1) is 0 Å². The van der Waals surface area contributed by atoms with Crippen LogP contribution in [-0.4, -0.2) is 19.6 Å². The van der Waals surface area contributed by atoms with E-state index < -0.39 is 16.6 Å². The Morgan fingerprint density at radius 3 is 2.55 bits per heavy atom. The molecule has 114 valence electrons. The number of aliphatic hydroxyl groups is 1. The fraction of sp³-hybridized carbons (Fsp3) is 0.538. The largest absolute Gasteiger partial charge is 0.392 e. The maximum atomic E-state index is 12.3. The summed E-state index contributed by atoms with van der Waals surface area (Å²) in [6.07, 6.45) is 2.70. The van der Waals surface area contributed by atoms with Crippen molar-refractivity contribution in [2.24, 2.45) is 0 Å². The van der Waals surface area contributed by atoms with Gasteiger partial charge in [0.05, 0.1) is 11.6 Å². The summed E-state index contributed by atoms with van der Waals surface area (Å²) in [6.45, 7) is 3.45. The molecule has 0 spiro atoms. The van der Waals surface area contributed by atoms with Crippen LogP contribution in [0.25, 0.3) is 0 Å². The van der Waals surface area contributed by atoms with E-state index in [2.05, 4.69) is 4.72 Å². The summed E-state index contributed by atoms with van der Waals surface area (Å²) in [5.41, 5.74) is 0.220. The van der Waals surface area contributed by atoms with E-state index >= 15 is 0 Å². The number of benzene rings is 1. The number of hydrogen-bond donors (Lipinski definition) is 2. The van der Waals surface area contributed by atoms with E-state index in [0.717, 1.165) is 19.3 Å². The Morgan fingerprint density at radius 2 is 2.00 bits per heavy atom. The predicted octanol–water partition coefficient (Wildman–Crippen LogP) is 3.34. The van der Waals surface area contributed by atoms with Crippen LogP contribution in [0.3, 0.4) is 0 Å². The van der Waals surface area contributed by atoms with Crippen molar-refractivity contribution in [3.05, 3.63) is 27.7 Å². The second-order valence-electron chi connectivity index (χ2n) is 4.66. The Hall–Kier alpha value is -0.330. The van der Waals surface area contributed by atoms with Crippen LogP contribution >= 0.6 is 23.2 Å². The average Bonchev–Trinajstić information content (AvgIpc) is 2.36. The Kier molecular flexibility index (Phi) is 6.75. The minimum atomic E-state index is -3.72. The molecule has 0 aliphatic rings. The van der Waals surface area contributed by atoms with E-state index in [9.17, 15) is 13.5 Å². The van der Waals surface area contributed by atoms with Gasteiger partial charge in [0, 0.05) is 16.6 Å². The van der Waals surface area contributed by atoms with Gasteiger partial charge in [-0.2, -0.15) is 0 Å². The summed E-state index contributed by atoms with van der Waals surface area (Å²) < 4.78 is 27.2. The lowest BCUT2D eigenvalue weighted by Gasteiger charge is -2.16. The van der Waals surface area contributed by atoms with E-state index in [4.69, 9.17) is 23.2 Å². The highest BCUT2D eigenvalue weighted by Gasteiger charge is 2.22. The van der Waals surface area contributed by atoms with Crippen LogP contribution in [-0.2, 0) is 16.6 Å². The molecule has 4 nitrogen and oxygen atoms in total. The summed E-state index contributed by atoms with van der Waals surface area (Å²) >= 11 is 11.9. The zero-order valence-corrected chi connectivity index (χ0v) is 13.8. The molecular formula is C13H19Cl2NO3S. The standard InChI is InChI=1S/C13H19Cl2NO3S/c1-3-4-5-9(2)16-20(18,19)12-7-6-11(14)10(8-17)13(12)15/h6-7,9,16-17H,3-5,8H2,1-2H3. The van der Waals surface area contributed by atoms with Gasteiger partial charge in [0.25, 0.3) is 0 Å². The van der Waals surface area contributed by atoms with Gasteiger partial charge in [-0.1, -0.05) is 43.0 Å². The lowest BCUT2D eigenvalue weighted by atomic mass is 10.2. The minimum absolute atomic E-state index is 0.0322. The fourth-order valence-corrected chi connectivity index (χ4v) is 4.00. The molecule has 1 aromatic carbocycles. The van der Waals surface area contributed by atoms with Gasteiger partial charge in [-0.15, -0.1) is 0 Å². The third kappa shape index (κ3) is 4.33. The third-order valence-electron chi connectivity index (χ3n) is 2.95. The summed E-state index contributed by atoms with van der Waals surface area (Å²) in [5.74, 6) is 0. The third-order valence-corrected chi connectivity index (χ3v) is 5.48. The fourth-order valence-electron chi connectivity index (χ4n) is 1.83. The van der Waals surface area contributed by atoms with Gasteiger partial charge in [-0.25, -0.2) is 13.1 Å². The van der Waals surface area contributed by atoms with Gasteiger partial charge in [0.1, 0.15) is 4.90 Å². The SMILES string of the molecule is CCCCC(C)NS(=O)(=O)c1ccc(Cl)c(CO)c1Cl. The summed E-state index contributed by atoms with van der Waals surface area (Å²) in [6, 6.07) is 2.59. The number of halogens is 2. The van der Waals surface area contributed by atoms with Gasteiger partial charge in [0.15, 0.2) is 0 Å². The second-order valence-corrected chi connectivity index (χ2v) is 7.13.